The van der Waals surface area contributed by atoms with Crippen LogP contribution in [0.4, 0.5) is 4.79 Å². The molecule has 2 heterocycles. The van der Waals surface area contributed by atoms with E-state index in [0.717, 1.165) is 22.2 Å². The fraction of sp³-hybridized carbons (Fsp3) is 0.517. The molecular weight excluding hydrogens is 467 g/mol. The predicted molar refractivity (Wildman–Crippen MR) is 146 cm³/mol. The summed E-state index contributed by atoms with van der Waals surface area (Å²) in [6.45, 7) is 16.7. The van der Waals surface area contributed by atoms with Crippen LogP contribution in [0.3, 0.4) is 0 Å². The molecule has 0 aromatic heterocycles. The molecule has 8 heteroatoms. The van der Waals surface area contributed by atoms with E-state index in [0.29, 0.717) is 25.1 Å². The van der Waals surface area contributed by atoms with E-state index < -0.39 is 30.0 Å². The Bertz CT molecular complexity index is 1170. The van der Waals surface area contributed by atoms with Crippen molar-refractivity contribution in [1.29, 1.82) is 0 Å². The van der Waals surface area contributed by atoms with Crippen LogP contribution in [-0.2, 0) is 14.0 Å². The number of aryl methyl sites for hydroxylation is 1. The highest BCUT2D eigenvalue weighted by Crippen LogP contribution is 2.37. The van der Waals surface area contributed by atoms with Crippen molar-refractivity contribution in [3.8, 4) is 11.1 Å². The third-order valence-electron chi connectivity index (χ3n) is 7.44. The molecule has 2 aromatic rings. The van der Waals surface area contributed by atoms with Crippen molar-refractivity contribution >= 4 is 24.6 Å². The van der Waals surface area contributed by atoms with Crippen molar-refractivity contribution in [1.82, 2.24) is 10.2 Å². The Morgan fingerprint density at radius 3 is 2.30 bits per heavy atom. The van der Waals surface area contributed by atoms with Crippen LogP contribution >= 0.6 is 0 Å². The van der Waals surface area contributed by atoms with Crippen molar-refractivity contribution in [3.05, 3.63) is 53.6 Å². The largest absolute Gasteiger partial charge is 0.495 e. The minimum absolute atomic E-state index is 0.0809. The molecule has 2 fully saturated rings. The van der Waals surface area contributed by atoms with E-state index in [1.165, 1.54) is 0 Å². The van der Waals surface area contributed by atoms with Gasteiger partial charge in [-0.2, -0.15) is 0 Å². The van der Waals surface area contributed by atoms with Gasteiger partial charge in [-0.05, 0) is 96.1 Å². The number of ether oxygens (including phenoxy) is 1. The Kier molecular flexibility index (Phi) is 7.21. The number of nitrogens with one attached hydrogen (secondary N) is 1. The molecule has 2 amide bonds. The first-order chi connectivity index (χ1) is 17.2. The van der Waals surface area contributed by atoms with Crippen LogP contribution in [0, 0.1) is 6.92 Å². The fourth-order valence-electron chi connectivity index (χ4n) is 4.70. The number of hydrogen-bond acceptors (Lipinski definition) is 5. The SMILES string of the molecule is Cc1ccccc1-c1ccc(C(=O)N2CC[C@H](NC(=O)OC(C)(C)C)C2)cc1B1OC(C)(C)C(C)(C)O1. The van der Waals surface area contributed by atoms with Crippen LogP contribution in [-0.4, -0.2) is 60.0 Å². The summed E-state index contributed by atoms with van der Waals surface area (Å²) < 4.78 is 18.2. The van der Waals surface area contributed by atoms with Crippen LogP contribution in [0.1, 0.15) is 70.8 Å². The molecule has 2 aliphatic rings. The second-order valence-electron chi connectivity index (χ2n) is 12.1. The summed E-state index contributed by atoms with van der Waals surface area (Å²) in [6, 6.07) is 13.8. The first kappa shape index (κ1) is 27.2. The first-order valence-electron chi connectivity index (χ1n) is 13.0. The molecule has 2 aliphatic heterocycles. The van der Waals surface area contributed by atoms with E-state index >= 15 is 0 Å². The van der Waals surface area contributed by atoms with Gasteiger partial charge < -0.3 is 24.3 Å². The third-order valence-corrected chi connectivity index (χ3v) is 7.44. The van der Waals surface area contributed by atoms with Crippen LogP contribution in [0.25, 0.3) is 11.1 Å². The number of likely N-dealkylation sites (tertiary alicyclic amines) is 1. The minimum Gasteiger partial charge on any atom is -0.444 e. The standard InChI is InChI=1S/C29H39BN2O5/c1-19-11-9-10-12-22(19)23-14-13-20(17-24(23)30-36-28(5,6)29(7,8)37-30)25(33)32-16-15-21(18-32)31-26(34)35-27(2,3)4/h9-14,17,21H,15-16,18H2,1-8H3,(H,31,34)/t21-/m0/s1. The van der Waals surface area contributed by atoms with E-state index in [4.69, 9.17) is 14.0 Å². The smallest absolute Gasteiger partial charge is 0.444 e. The molecule has 37 heavy (non-hydrogen) atoms. The molecule has 1 atom stereocenters. The van der Waals surface area contributed by atoms with Gasteiger partial charge >= 0.3 is 13.2 Å². The molecule has 7 nitrogen and oxygen atoms in total. The van der Waals surface area contributed by atoms with Gasteiger partial charge in [-0.1, -0.05) is 30.3 Å². The van der Waals surface area contributed by atoms with Gasteiger partial charge in [0, 0.05) is 18.7 Å². The molecular formula is C29H39BN2O5. The van der Waals surface area contributed by atoms with Crippen molar-refractivity contribution in [3.63, 3.8) is 0 Å². The highest BCUT2D eigenvalue weighted by Gasteiger charge is 2.52. The van der Waals surface area contributed by atoms with Gasteiger partial charge in [-0.25, -0.2) is 4.79 Å². The molecule has 0 bridgehead atoms. The summed E-state index contributed by atoms with van der Waals surface area (Å²) >= 11 is 0. The highest BCUT2D eigenvalue weighted by molar-refractivity contribution is 6.64. The van der Waals surface area contributed by atoms with Gasteiger partial charge in [0.1, 0.15) is 5.60 Å². The van der Waals surface area contributed by atoms with Crippen molar-refractivity contribution in [2.75, 3.05) is 13.1 Å². The minimum atomic E-state index is -0.604. The zero-order valence-corrected chi connectivity index (χ0v) is 23.3. The first-order valence-corrected chi connectivity index (χ1v) is 13.0. The summed E-state index contributed by atoms with van der Waals surface area (Å²) in [7, 11) is -0.604. The normalized spacial score (nSPS) is 20.7. The number of amides is 2. The third kappa shape index (κ3) is 5.86. The second-order valence-corrected chi connectivity index (χ2v) is 12.1. The number of alkyl carbamates (subject to hydrolysis) is 1. The fourth-order valence-corrected chi connectivity index (χ4v) is 4.70. The Labute approximate surface area is 221 Å². The van der Waals surface area contributed by atoms with E-state index in [1.807, 2.05) is 78.8 Å². The lowest BCUT2D eigenvalue weighted by Gasteiger charge is -2.32. The van der Waals surface area contributed by atoms with Crippen LogP contribution in [0.15, 0.2) is 42.5 Å². The van der Waals surface area contributed by atoms with Gasteiger partial charge in [0.05, 0.1) is 17.2 Å². The number of nitrogens with zero attached hydrogens (tertiary/aromatic N) is 1. The van der Waals surface area contributed by atoms with Crippen molar-refractivity contribution in [2.45, 2.75) is 84.7 Å². The molecule has 198 valence electrons. The number of hydrogen-bond donors (Lipinski definition) is 1. The molecule has 0 radical (unpaired) electrons. The number of rotatable bonds is 4. The van der Waals surface area contributed by atoms with E-state index in [-0.39, 0.29) is 11.9 Å². The maximum absolute atomic E-state index is 13.5. The molecule has 0 saturated carbocycles. The summed E-state index contributed by atoms with van der Waals surface area (Å²) in [4.78, 5) is 27.5. The highest BCUT2D eigenvalue weighted by atomic mass is 16.7. The second kappa shape index (κ2) is 9.80. The van der Waals surface area contributed by atoms with Gasteiger partial charge in [0.15, 0.2) is 0 Å². The maximum atomic E-state index is 13.5. The van der Waals surface area contributed by atoms with E-state index in [9.17, 15) is 9.59 Å². The van der Waals surface area contributed by atoms with Gasteiger partial charge in [-0.15, -0.1) is 0 Å². The molecule has 2 aromatic carbocycles. The topological polar surface area (TPSA) is 77.1 Å². The number of carbonyl (C=O) groups is 2. The molecule has 2 saturated heterocycles. The van der Waals surface area contributed by atoms with Crippen LogP contribution in [0.5, 0.6) is 0 Å². The average molecular weight is 506 g/mol. The van der Waals surface area contributed by atoms with Crippen molar-refractivity contribution < 1.29 is 23.6 Å². The Balaban J connectivity index is 1.60. The van der Waals surface area contributed by atoms with Crippen LogP contribution < -0.4 is 10.8 Å². The summed E-state index contributed by atoms with van der Waals surface area (Å²) in [6.07, 6.45) is 0.216. The van der Waals surface area contributed by atoms with Crippen molar-refractivity contribution in [2.24, 2.45) is 0 Å². The molecule has 0 aliphatic carbocycles. The lowest BCUT2D eigenvalue weighted by atomic mass is 9.73. The Hall–Kier alpha value is -2.84. The van der Waals surface area contributed by atoms with Gasteiger partial charge in [0.2, 0.25) is 0 Å². The molecule has 4 rings (SSSR count). The van der Waals surface area contributed by atoms with Gasteiger partial charge in [0.25, 0.3) is 5.91 Å². The Morgan fingerprint density at radius 2 is 1.68 bits per heavy atom. The van der Waals surface area contributed by atoms with E-state index in [1.54, 1.807) is 4.90 Å². The zero-order chi connectivity index (χ0) is 27.2. The quantitative estimate of drug-likeness (QED) is 0.609. The number of carbonyl (C=O) groups excluding carboxylic acids is 2. The van der Waals surface area contributed by atoms with Crippen LogP contribution in [0.2, 0.25) is 0 Å². The molecule has 0 spiro atoms. The summed E-state index contributed by atoms with van der Waals surface area (Å²) in [5.74, 6) is -0.0809. The Morgan fingerprint density at radius 1 is 1.03 bits per heavy atom. The lowest BCUT2D eigenvalue weighted by Crippen LogP contribution is -2.41. The monoisotopic (exact) mass is 506 g/mol. The summed E-state index contributed by atoms with van der Waals surface area (Å²) in [5, 5.41) is 2.89. The number of benzene rings is 2. The molecule has 1 N–H and O–H groups in total. The molecule has 0 unspecified atom stereocenters. The van der Waals surface area contributed by atoms with Gasteiger partial charge in [-0.3, -0.25) is 4.79 Å². The average Bonchev–Trinajstić information content (AvgIpc) is 3.33. The maximum Gasteiger partial charge on any atom is 0.495 e. The zero-order valence-electron chi connectivity index (χ0n) is 23.3. The van der Waals surface area contributed by atoms with E-state index in [2.05, 4.69) is 24.4 Å². The lowest BCUT2D eigenvalue weighted by molar-refractivity contribution is 0.00578. The summed E-state index contributed by atoms with van der Waals surface area (Å²) in [5.41, 5.74) is 3.03. The predicted octanol–water partition coefficient (Wildman–Crippen LogP) is 4.70.